The highest BCUT2D eigenvalue weighted by Gasteiger charge is 2.10. The van der Waals surface area contributed by atoms with E-state index in [2.05, 4.69) is 40.3 Å². The molecule has 0 aliphatic heterocycles. The average molecular weight is 374 g/mol. The van der Waals surface area contributed by atoms with Crippen LogP contribution in [0.5, 0.6) is 5.75 Å². The molecule has 142 valence electrons. The topological polar surface area (TPSA) is 26.2 Å². The highest BCUT2D eigenvalue weighted by Crippen LogP contribution is 2.23. The zero-order valence-electron chi connectivity index (χ0n) is 15.9. The van der Waals surface area contributed by atoms with Gasteiger partial charge in [0, 0.05) is 35.8 Å². The number of fused-ring (bicyclic) bond motifs is 1. The molecule has 0 aliphatic carbocycles. The number of aromatic nitrogens is 1. The summed E-state index contributed by atoms with van der Waals surface area (Å²) >= 11 is 0. The van der Waals surface area contributed by atoms with Crippen molar-refractivity contribution in [2.24, 2.45) is 0 Å². The molecule has 0 radical (unpaired) electrons. The summed E-state index contributed by atoms with van der Waals surface area (Å²) in [6, 6.07) is 23.3. The SMILES string of the molecule is COc1ccc(CNCc2cn(Cc3ccccc3F)c3ccccc23)cc1. The number of nitrogens with zero attached hydrogens (tertiary/aromatic N) is 1. The summed E-state index contributed by atoms with van der Waals surface area (Å²) < 4.78 is 21.4. The van der Waals surface area contributed by atoms with Crippen LogP contribution in [0.25, 0.3) is 10.9 Å². The van der Waals surface area contributed by atoms with Crippen LogP contribution in [0.4, 0.5) is 4.39 Å². The molecule has 1 heterocycles. The van der Waals surface area contributed by atoms with Crippen molar-refractivity contribution in [2.45, 2.75) is 19.6 Å². The number of methoxy groups -OCH3 is 1. The van der Waals surface area contributed by atoms with E-state index in [9.17, 15) is 4.39 Å². The van der Waals surface area contributed by atoms with Gasteiger partial charge in [0.2, 0.25) is 0 Å². The van der Waals surface area contributed by atoms with Crippen molar-refractivity contribution >= 4 is 10.9 Å². The quantitative estimate of drug-likeness (QED) is 0.485. The first-order valence-corrected chi connectivity index (χ1v) is 9.38. The molecule has 0 fully saturated rings. The van der Waals surface area contributed by atoms with E-state index in [1.807, 2.05) is 36.4 Å². The summed E-state index contributed by atoms with van der Waals surface area (Å²) in [4.78, 5) is 0. The van der Waals surface area contributed by atoms with Gasteiger partial charge in [0.1, 0.15) is 11.6 Å². The molecule has 28 heavy (non-hydrogen) atoms. The van der Waals surface area contributed by atoms with E-state index in [0.717, 1.165) is 24.4 Å². The Kier molecular flexibility index (Phi) is 5.40. The van der Waals surface area contributed by atoms with Gasteiger partial charge in [0.25, 0.3) is 0 Å². The summed E-state index contributed by atoms with van der Waals surface area (Å²) in [6.07, 6.45) is 2.12. The third kappa shape index (κ3) is 3.92. The second kappa shape index (κ2) is 8.28. The number of para-hydroxylation sites is 1. The maximum Gasteiger partial charge on any atom is 0.128 e. The van der Waals surface area contributed by atoms with Crippen LogP contribution in [0.1, 0.15) is 16.7 Å². The molecule has 3 aromatic carbocycles. The van der Waals surface area contributed by atoms with Crippen molar-refractivity contribution in [1.82, 2.24) is 9.88 Å². The Labute approximate surface area is 164 Å². The van der Waals surface area contributed by atoms with Gasteiger partial charge in [-0.15, -0.1) is 0 Å². The third-order valence-corrected chi connectivity index (χ3v) is 4.97. The van der Waals surface area contributed by atoms with Crippen molar-refractivity contribution in [3.05, 3.63) is 102 Å². The monoisotopic (exact) mass is 374 g/mol. The number of benzene rings is 3. The molecule has 0 spiro atoms. The largest absolute Gasteiger partial charge is 0.497 e. The summed E-state index contributed by atoms with van der Waals surface area (Å²) in [5, 5.41) is 4.70. The molecule has 3 nitrogen and oxygen atoms in total. The lowest BCUT2D eigenvalue weighted by atomic mass is 10.1. The normalized spacial score (nSPS) is 11.1. The molecule has 0 saturated heterocycles. The fourth-order valence-electron chi connectivity index (χ4n) is 3.49. The van der Waals surface area contributed by atoms with Crippen LogP contribution >= 0.6 is 0 Å². The predicted molar refractivity (Wildman–Crippen MR) is 111 cm³/mol. The molecular weight excluding hydrogens is 351 g/mol. The van der Waals surface area contributed by atoms with Gasteiger partial charge in [-0.05, 0) is 35.4 Å². The molecule has 0 atom stereocenters. The van der Waals surface area contributed by atoms with E-state index in [0.29, 0.717) is 12.1 Å². The molecule has 4 heteroatoms. The zero-order chi connectivity index (χ0) is 19.3. The Bertz CT molecular complexity index is 1070. The van der Waals surface area contributed by atoms with Gasteiger partial charge in [-0.3, -0.25) is 0 Å². The van der Waals surface area contributed by atoms with Gasteiger partial charge in [-0.25, -0.2) is 4.39 Å². The first-order valence-electron chi connectivity index (χ1n) is 9.38. The van der Waals surface area contributed by atoms with Gasteiger partial charge in [0.15, 0.2) is 0 Å². The van der Waals surface area contributed by atoms with Gasteiger partial charge in [-0.2, -0.15) is 0 Å². The average Bonchev–Trinajstić information content (AvgIpc) is 3.08. The molecule has 0 saturated carbocycles. The Balaban J connectivity index is 1.51. The number of rotatable bonds is 7. The maximum atomic E-state index is 14.1. The van der Waals surface area contributed by atoms with Crippen molar-refractivity contribution in [1.29, 1.82) is 0 Å². The minimum absolute atomic E-state index is 0.167. The first-order chi connectivity index (χ1) is 13.7. The molecule has 1 N–H and O–H groups in total. The molecule has 0 unspecified atom stereocenters. The first kappa shape index (κ1) is 18.3. The number of hydrogen-bond acceptors (Lipinski definition) is 2. The van der Waals surface area contributed by atoms with Crippen LogP contribution in [-0.4, -0.2) is 11.7 Å². The molecule has 1 aromatic heterocycles. The predicted octanol–water partition coefficient (Wildman–Crippen LogP) is 5.13. The van der Waals surface area contributed by atoms with E-state index in [1.165, 1.54) is 22.6 Å². The van der Waals surface area contributed by atoms with E-state index in [4.69, 9.17) is 4.74 Å². The van der Waals surface area contributed by atoms with Crippen molar-refractivity contribution in [3.8, 4) is 5.75 Å². The Morgan fingerprint density at radius 2 is 1.61 bits per heavy atom. The molecule has 0 amide bonds. The van der Waals surface area contributed by atoms with E-state index in [1.54, 1.807) is 13.2 Å². The third-order valence-electron chi connectivity index (χ3n) is 4.97. The summed E-state index contributed by atoms with van der Waals surface area (Å²) in [5.41, 5.74) is 4.23. The molecular formula is C24H23FN2O. The van der Waals surface area contributed by atoms with E-state index < -0.39 is 0 Å². The van der Waals surface area contributed by atoms with E-state index in [-0.39, 0.29) is 5.82 Å². The second-order valence-electron chi connectivity index (χ2n) is 6.84. The smallest absolute Gasteiger partial charge is 0.128 e. The van der Waals surface area contributed by atoms with Gasteiger partial charge in [-0.1, -0.05) is 48.5 Å². The highest BCUT2D eigenvalue weighted by atomic mass is 19.1. The van der Waals surface area contributed by atoms with Crippen molar-refractivity contribution < 1.29 is 9.13 Å². The lowest BCUT2D eigenvalue weighted by Gasteiger charge is -2.06. The van der Waals surface area contributed by atoms with Crippen LogP contribution < -0.4 is 10.1 Å². The minimum Gasteiger partial charge on any atom is -0.497 e. The highest BCUT2D eigenvalue weighted by molar-refractivity contribution is 5.84. The van der Waals surface area contributed by atoms with Crippen LogP contribution in [0.2, 0.25) is 0 Å². The fourth-order valence-corrected chi connectivity index (χ4v) is 3.49. The minimum atomic E-state index is -0.167. The Morgan fingerprint density at radius 3 is 2.39 bits per heavy atom. The fraction of sp³-hybridized carbons (Fsp3) is 0.167. The van der Waals surface area contributed by atoms with Crippen LogP contribution in [-0.2, 0) is 19.6 Å². The summed E-state index contributed by atoms with van der Waals surface area (Å²) in [5.74, 6) is 0.694. The maximum absolute atomic E-state index is 14.1. The second-order valence-corrected chi connectivity index (χ2v) is 6.84. The van der Waals surface area contributed by atoms with E-state index >= 15 is 0 Å². The summed E-state index contributed by atoms with van der Waals surface area (Å²) in [6.45, 7) is 2.04. The number of ether oxygens (including phenoxy) is 1. The molecule has 4 aromatic rings. The van der Waals surface area contributed by atoms with Crippen molar-refractivity contribution in [3.63, 3.8) is 0 Å². The lowest BCUT2D eigenvalue weighted by molar-refractivity contribution is 0.414. The van der Waals surface area contributed by atoms with Crippen LogP contribution in [0.15, 0.2) is 79.0 Å². The zero-order valence-corrected chi connectivity index (χ0v) is 15.9. The molecule has 0 aliphatic rings. The van der Waals surface area contributed by atoms with Crippen LogP contribution in [0, 0.1) is 5.82 Å². The number of nitrogens with one attached hydrogen (secondary N) is 1. The standard InChI is InChI=1S/C24H23FN2O/c1-28-21-12-10-18(11-13-21)14-26-15-20-17-27(24-9-5-3-7-22(20)24)16-19-6-2-4-8-23(19)25/h2-13,17,26H,14-16H2,1H3. The van der Waals surface area contributed by atoms with Crippen LogP contribution in [0.3, 0.4) is 0 Å². The number of hydrogen-bond donors (Lipinski definition) is 1. The molecule has 4 rings (SSSR count). The van der Waals surface area contributed by atoms with Crippen molar-refractivity contribution in [2.75, 3.05) is 7.11 Å². The summed E-state index contributed by atoms with van der Waals surface area (Å²) in [7, 11) is 1.67. The van der Waals surface area contributed by atoms with Gasteiger partial charge >= 0.3 is 0 Å². The van der Waals surface area contributed by atoms with Gasteiger partial charge < -0.3 is 14.6 Å². The Hall–Kier alpha value is -3.11. The lowest BCUT2D eigenvalue weighted by Crippen LogP contribution is -2.12. The Morgan fingerprint density at radius 1 is 0.857 bits per heavy atom. The molecule has 0 bridgehead atoms. The van der Waals surface area contributed by atoms with Gasteiger partial charge in [0.05, 0.1) is 13.7 Å². The number of halogens is 1.